The minimum Gasteiger partial charge on any atom is -0.298 e. The molecule has 0 saturated carbocycles. The molecule has 0 fully saturated rings. The van der Waals surface area contributed by atoms with Gasteiger partial charge in [-0.15, -0.1) is 0 Å². The molecule has 0 spiro atoms. The van der Waals surface area contributed by atoms with Crippen LogP contribution in [0.5, 0.6) is 0 Å². The first-order chi connectivity index (χ1) is 20.3. The summed E-state index contributed by atoms with van der Waals surface area (Å²) in [6, 6.07) is 40.0. The lowest BCUT2D eigenvalue weighted by molar-refractivity contribution is -0.577. The van der Waals surface area contributed by atoms with Gasteiger partial charge in [-0.25, -0.2) is 0 Å². The number of quaternary nitrogens is 1. The van der Waals surface area contributed by atoms with Crippen molar-refractivity contribution in [3.8, 4) is 22.3 Å². The zero-order valence-corrected chi connectivity index (χ0v) is 22.3. The van der Waals surface area contributed by atoms with E-state index in [2.05, 4.69) is 107 Å². The Hall–Kier alpha value is -5.45. The maximum absolute atomic E-state index is 8.85. The summed E-state index contributed by atoms with van der Waals surface area (Å²) >= 11 is 0. The summed E-state index contributed by atoms with van der Waals surface area (Å²) in [7, 11) is 0. The zero-order chi connectivity index (χ0) is 27.6. The summed E-state index contributed by atoms with van der Waals surface area (Å²) < 4.78 is 0. The fourth-order valence-corrected chi connectivity index (χ4v) is 5.60. The minimum atomic E-state index is 0.394. The molecule has 1 aliphatic rings. The number of nitrogens with zero attached hydrogens (tertiary/aromatic N) is 2. The Balaban J connectivity index is 1.24. The van der Waals surface area contributed by atoms with E-state index in [1.54, 1.807) is 6.20 Å². The lowest BCUT2D eigenvalue weighted by Gasteiger charge is -2.19. The maximum atomic E-state index is 8.85. The predicted octanol–water partition coefficient (Wildman–Crippen LogP) is 7.95. The molecule has 0 aliphatic heterocycles. The van der Waals surface area contributed by atoms with E-state index in [-0.39, 0.29) is 0 Å². The molecule has 1 heterocycles. The smallest absolute Gasteiger partial charge is 0.155 e. The molecule has 0 amide bonds. The fraction of sp³-hybridized carbons (Fsp3) is 0. The number of allylic oxidation sites excluding steroid dienone is 4. The van der Waals surface area contributed by atoms with Crippen molar-refractivity contribution in [2.24, 2.45) is 5.10 Å². The molecule has 0 radical (unpaired) electrons. The van der Waals surface area contributed by atoms with Gasteiger partial charge in [-0.2, -0.15) is 5.43 Å². The standard InChI is InChI=1S/C37H26N4/c38-34-23-27(18-21-35(34)41-40-29-19-16-25(17-20-29)28-11-8-22-39-24-28)37-32-14-6-4-12-30(32)36(26-9-2-1-3-10-26)31-13-5-7-15-33(31)37/h1-24,38,40H/p+1. The highest BCUT2D eigenvalue weighted by molar-refractivity contribution is 6.51. The number of benzene rings is 5. The minimum absolute atomic E-state index is 0.394. The molecule has 4 nitrogen and oxygen atoms in total. The lowest BCUT2D eigenvalue weighted by Crippen LogP contribution is -2.71. The summed E-state index contributed by atoms with van der Waals surface area (Å²) in [4.78, 5) is 4.20. The number of rotatable bonds is 5. The first kappa shape index (κ1) is 24.6. The quantitative estimate of drug-likeness (QED) is 0.0772. The second-order valence-electron chi connectivity index (χ2n) is 10.1. The average molecular weight is 528 g/mol. The van der Waals surface area contributed by atoms with Crippen molar-refractivity contribution in [1.29, 1.82) is 5.41 Å². The highest BCUT2D eigenvalue weighted by atomic mass is 15.3. The summed E-state index contributed by atoms with van der Waals surface area (Å²) in [5, 5.41) is 18.3. The number of hydrogen-bond donors (Lipinski definition) is 2. The van der Waals surface area contributed by atoms with E-state index in [1.807, 2.05) is 48.0 Å². The van der Waals surface area contributed by atoms with Gasteiger partial charge in [0.05, 0.1) is 5.71 Å². The van der Waals surface area contributed by atoms with Crippen LogP contribution in [0.25, 0.3) is 49.4 Å². The molecule has 3 N–H and O–H groups in total. The molecule has 7 rings (SSSR count). The molecule has 5 aromatic carbocycles. The Morgan fingerprint density at radius 2 is 1.17 bits per heavy atom. The van der Waals surface area contributed by atoms with Crippen molar-refractivity contribution >= 4 is 44.2 Å². The molecule has 0 saturated heterocycles. The second kappa shape index (κ2) is 10.6. The first-order valence-electron chi connectivity index (χ1n) is 13.7. The number of aromatic nitrogens is 1. The van der Waals surface area contributed by atoms with Crippen LogP contribution in [0.2, 0.25) is 0 Å². The monoisotopic (exact) mass is 527 g/mol. The number of hydrogen-bond acceptors (Lipinski definition) is 3. The van der Waals surface area contributed by atoms with E-state index < -0.39 is 0 Å². The van der Waals surface area contributed by atoms with Crippen molar-refractivity contribution < 1.29 is 5.43 Å². The summed E-state index contributed by atoms with van der Waals surface area (Å²) in [6.07, 6.45) is 9.62. The fourth-order valence-electron chi connectivity index (χ4n) is 5.60. The molecule has 0 unspecified atom stereocenters. The van der Waals surface area contributed by atoms with E-state index in [1.165, 1.54) is 32.7 Å². The molecular weight excluding hydrogens is 500 g/mol. The molecule has 1 aliphatic carbocycles. The Labute approximate surface area is 238 Å². The molecule has 0 bridgehead atoms. The van der Waals surface area contributed by atoms with E-state index in [0.717, 1.165) is 28.0 Å². The highest BCUT2D eigenvalue weighted by Gasteiger charge is 2.19. The highest BCUT2D eigenvalue weighted by Crippen LogP contribution is 2.42. The third-order valence-electron chi connectivity index (χ3n) is 7.54. The predicted molar refractivity (Wildman–Crippen MR) is 170 cm³/mol. The molecule has 4 heteroatoms. The number of nitrogens with one attached hydrogen (secondary N) is 1. The van der Waals surface area contributed by atoms with Gasteiger partial charge >= 0.3 is 0 Å². The van der Waals surface area contributed by atoms with Crippen LogP contribution in [0, 0.1) is 5.41 Å². The number of nitrogens with two attached hydrogens (primary N) is 1. The van der Waals surface area contributed by atoms with Gasteiger partial charge in [0.2, 0.25) is 0 Å². The molecule has 194 valence electrons. The van der Waals surface area contributed by atoms with Crippen LogP contribution in [-0.4, -0.2) is 16.4 Å². The SMILES string of the molecule is N=C1C=C(c2c3ccccc3c(-c3ccccc3)c3ccccc23)C=CC1=N[NH2+]c1ccc(-c2cccnc2)cc1. The third-order valence-corrected chi connectivity index (χ3v) is 7.54. The van der Waals surface area contributed by atoms with Crippen LogP contribution >= 0.6 is 0 Å². The van der Waals surface area contributed by atoms with Crippen molar-refractivity contribution in [2.45, 2.75) is 0 Å². The van der Waals surface area contributed by atoms with Crippen LogP contribution in [0.4, 0.5) is 5.69 Å². The van der Waals surface area contributed by atoms with Crippen molar-refractivity contribution in [3.05, 3.63) is 151 Å². The third kappa shape index (κ3) is 4.67. The Morgan fingerprint density at radius 3 is 1.78 bits per heavy atom. The molecule has 0 atom stereocenters. The van der Waals surface area contributed by atoms with Crippen LogP contribution in [0.3, 0.4) is 0 Å². The van der Waals surface area contributed by atoms with Gasteiger partial charge in [-0.1, -0.05) is 96.1 Å². The Kier molecular flexibility index (Phi) is 6.36. The van der Waals surface area contributed by atoms with Crippen LogP contribution < -0.4 is 5.43 Å². The van der Waals surface area contributed by atoms with Gasteiger partial charge in [0.15, 0.2) is 5.69 Å². The van der Waals surface area contributed by atoms with E-state index in [9.17, 15) is 0 Å². The average Bonchev–Trinajstić information content (AvgIpc) is 3.04. The van der Waals surface area contributed by atoms with Crippen LogP contribution in [0.1, 0.15) is 5.56 Å². The van der Waals surface area contributed by atoms with E-state index in [4.69, 9.17) is 5.41 Å². The molecule has 1 aromatic heterocycles. The van der Waals surface area contributed by atoms with E-state index in [0.29, 0.717) is 11.4 Å². The zero-order valence-electron chi connectivity index (χ0n) is 22.3. The molecule has 6 aromatic rings. The van der Waals surface area contributed by atoms with Crippen molar-refractivity contribution in [2.75, 3.05) is 0 Å². The van der Waals surface area contributed by atoms with Gasteiger partial charge in [0.1, 0.15) is 5.71 Å². The topological polar surface area (TPSA) is 65.7 Å². The number of pyridine rings is 1. The van der Waals surface area contributed by atoms with Crippen molar-refractivity contribution in [1.82, 2.24) is 4.98 Å². The normalized spacial score (nSPS) is 14.1. The number of fused-ring (bicyclic) bond motifs is 2. The molecule has 41 heavy (non-hydrogen) atoms. The molecular formula is C37H27N4+. The van der Waals surface area contributed by atoms with Gasteiger partial charge < -0.3 is 0 Å². The van der Waals surface area contributed by atoms with Gasteiger partial charge in [-0.05, 0) is 85.3 Å². The van der Waals surface area contributed by atoms with Crippen LogP contribution in [0.15, 0.2) is 151 Å². The maximum Gasteiger partial charge on any atom is 0.155 e. The summed E-state index contributed by atoms with van der Waals surface area (Å²) in [6.45, 7) is 0. The Morgan fingerprint density at radius 1 is 0.561 bits per heavy atom. The van der Waals surface area contributed by atoms with Crippen LogP contribution in [-0.2, 0) is 0 Å². The first-order valence-corrected chi connectivity index (χ1v) is 13.7. The summed E-state index contributed by atoms with van der Waals surface area (Å²) in [5.41, 5.74) is 10.6. The summed E-state index contributed by atoms with van der Waals surface area (Å²) in [5.74, 6) is 0. The largest absolute Gasteiger partial charge is 0.298 e. The van der Waals surface area contributed by atoms with Gasteiger partial charge in [0.25, 0.3) is 0 Å². The van der Waals surface area contributed by atoms with Gasteiger partial charge in [0, 0.05) is 24.5 Å². The van der Waals surface area contributed by atoms with Crippen molar-refractivity contribution in [3.63, 3.8) is 0 Å². The van der Waals surface area contributed by atoms with E-state index >= 15 is 0 Å². The lowest BCUT2D eigenvalue weighted by atomic mass is 9.84. The second-order valence-corrected chi connectivity index (χ2v) is 10.1. The van der Waals surface area contributed by atoms with Gasteiger partial charge in [-0.3, -0.25) is 10.4 Å². The Bertz CT molecular complexity index is 1950.